The molecule has 0 fully saturated rings. The van der Waals surface area contributed by atoms with Crippen molar-refractivity contribution in [1.82, 2.24) is 0 Å². The fraction of sp³-hybridized carbons (Fsp3) is 0.300. The number of benzene rings is 1. The number of rotatable bonds is 4. The van der Waals surface area contributed by atoms with Gasteiger partial charge in [-0.05, 0) is 24.6 Å². The molecule has 0 aliphatic carbocycles. The molecule has 3 nitrogen and oxygen atoms in total. The van der Waals surface area contributed by atoms with Crippen LogP contribution in [0.5, 0.6) is 0 Å². The van der Waals surface area contributed by atoms with Crippen LogP contribution in [-0.4, -0.2) is 14.2 Å². The van der Waals surface area contributed by atoms with Gasteiger partial charge in [0, 0.05) is 10.9 Å². The third-order valence-electron chi connectivity index (χ3n) is 1.86. The van der Waals surface area contributed by atoms with Gasteiger partial charge >= 0.3 is 0 Å². The van der Waals surface area contributed by atoms with E-state index in [9.17, 15) is 8.42 Å². The lowest BCUT2D eigenvalue weighted by Gasteiger charge is -2.02. The van der Waals surface area contributed by atoms with Crippen LogP contribution in [0.1, 0.15) is 12.8 Å². The quantitative estimate of drug-likeness (QED) is 0.800. The predicted octanol–water partition coefficient (Wildman–Crippen LogP) is 2.53. The van der Waals surface area contributed by atoms with Gasteiger partial charge in [0.2, 0.25) is 0 Å². The molecule has 0 aliphatic heterocycles. The minimum atomic E-state index is -3.24. The van der Waals surface area contributed by atoms with Crippen molar-refractivity contribution < 1.29 is 8.42 Å². The smallest absolute Gasteiger partial charge is 0.178 e. The molecule has 0 radical (unpaired) electrons. The molecule has 1 aromatic carbocycles. The van der Waals surface area contributed by atoms with Crippen molar-refractivity contribution in [3.63, 3.8) is 0 Å². The number of hydrogen-bond acceptors (Lipinski definition) is 3. The summed E-state index contributed by atoms with van der Waals surface area (Å²) in [5.41, 5.74) is 0. The van der Waals surface area contributed by atoms with Crippen LogP contribution in [0.2, 0.25) is 0 Å². The summed E-state index contributed by atoms with van der Waals surface area (Å²) < 4.78 is 24.2. The maximum atomic E-state index is 11.7. The minimum Gasteiger partial charge on any atom is -0.224 e. The number of halogens is 1. The first-order valence-corrected chi connectivity index (χ1v) is 6.86. The summed E-state index contributed by atoms with van der Waals surface area (Å²) in [6, 6.07) is 8.52. The Morgan fingerprint density at radius 1 is 1.40 bits per heavy atom. The number of nitriles is 1. The van der Waals surface area contributed by atoms with Crippen molar-refractivity contribution >= 4 is 25.8 Å². The first-order valence-electron chi connectivity index (χ1n) is 4.41. The zero-order chi connectivity index (χ0) is 11.3. The number of unbranched alkanes of at least 4 members (excludes halogenated alkanes) is 1. The summed E-state index contributed by atoms with van der Waals surface area (Å²) in [6.45, 7) is 0. The molecule has 0 saturated heterocycles. The molecule has 0 atom stereocenters. The van der Waals surface area contributed by atoms with Gasteiger partial charge in [-0.25, -0.2) is 8.42 Å². The summed E-state index contributed by atoms with van der Waals surface area (Å²) in [6.07, 6.45) is 0.651. The van der Waals surface area contributed by atoms with E-state index in [0.717, 1.165) is 4.47 Å². The summed E-state index contributed by atoms with van der Waals surface area (Å²) in [4.78, 5) is 0.301. The summed E-state index contributed by atoms with van der Waals surface area (Å²) in [5, 5.41) is 8.33. The van der Waals surface area contributed by atoms with Crippen molar-refractivity contribution in [2.45, 2.75) is 17.7 Å². The molecule has 0 unspecified atom stereocenters. The van der Waals surface area contributed by atoms with Crippen LogP contribution in [0.4, 0.5) is 0 Å². The zero-order valence-corrected chi connectivity index (χ0v) is 10.4. The van der Waals surface area contributed by atoms with Crippen molar-refractivity contribution in [3.8, 4) is 6.07 Å². The average Bonchev–Trinajstić information content (AvgIpc) is 2.18. The lowest BCUT2D eigenvalue weighted by Crippen LogP contribution is -2.06. The van der Waals surface area contributed by atoms with Gasteiger partial charge in [-0.15, -0.1) is 0 Å². The highest BCUT2D eigenvalue weighted by atomic mass is 79.9. The standard InChI is InChI=1S/C10H10BrNO2S/c11-9-4-3-5-10(8-9)15(13,14)7-2-1-6-12/h3-5,8H,1-2,7H2. The fourth-order valence-electron chi connectivity index (χ4n) is 1.12. The second-order valence-corrected chi connectivity index (χ2v) is 6.06. The number of nitrogens with zero attached hydrogens (tertiary/aromatic N) is 1. The number of sulfone groups is 1. The highest BCUT2D eigenvalue weighted by Gasteiger charge is 2.13. The predicted molar refractivity (Wildman–Crippen MR) is 61.0 cm³/mol. The second-order valence-electron chi connectivity index (χ2n) is 3.04. The fourth-order valence-corrected chi connectivity index (χ4v) is 3.02. The monoisotopic (exact) mass is 287 g/mol. The van der Waals surface area contributed by atoms with E-state index in [1.807, 2.05) is 6.07 Å². The van der Waals surface area contributed by atoms with Crippen molar-refractivity contribution in [3.05, 3.63) is 28.7 Å². The number of hydrogen-bond donors (Lipinski definition) is 0. The molecule has 15 heavy (non-hydrogen) atoms. The van der Waals surface area contributed by atoms with Crippen molar-refractivity contribution in [2.75, 3.05) is 5.75 Å². The normalized spacial score (nSPS) is 10.9. The maximum absolute atomic E-state index is 11.7. The molecule has 0 saturated carbocycles. The summed E-state index contributed by atoms with van der Waals surface area (Å²) in [7, 11) is -3.24. The molecule has 0 aromatic heterocycles. The molecule has 1 rings (SSSR count). The van der Waals surface area contributed by atoms with Crippen LogP contribution >= 0.6 is 15.9 Å². The second kappa shape index (κ2) is 5.29. The Hall–Kier alpha value is -0.860. The van der Waals surface area contributed by atoms with Gasteiger partial charge in [-0.2, -0.15) is 5.26 Å². The van der Waals surface area contributed by atoms with E-state index in [4.69, 9.17) is 5.26 Å². The van der Waals surface area contributed by atoms with E-state index >= 15 is 0 Å². The van der Waals surface area contributed by atoms with Crippen molar-refractivity contribution in [2.24, 2.45) is 0 Å². The topological polar surface area (TPSA) is 57.9 Å². The molecule has 80 valence electrons. The third kappa shape index (κ3) is 3.65. The Labute approximate surface area is 97.8 Å². The van der Waals surface area contributed by atoms with Gasteiger partial charge in [0.1, 0.15) is 0 Å². The van der Waals surface area contributed by atoms with E-state index in [0.29, 0.717) is 11.3 Å². The third-order valence-corrected chi connectivity index (χ3v) is 4.15. The SMILES string of the molecule is N#CCCCS(=O)(=O)c1cccc(Br)c1. The van der Waals surface area contributed by atoms with Crippen LogP contribution in [-0.2, 0) is 9.84 Å². The Bertz CT molecular complexity index is 476. The van der Waals surface area contributed by atoms with E-state index in [2.05, 4.69) is 15.9 Å². The largest absolute Gasteiger partial charge is 0.224 e. The van der Waals surface area contributed by atoms with Crippen molar-refractivity contribution in [1.29, 1.82) is 5.26 Å². The van der Waals surface area contributed by atoms with E-state index in [1.54, 1.807) is 24.3 Å². The average molecular weight is 288 g/mol. The highest BCUT2D eigenvalue weighted by molar-refractivity contribution is 9.10. The van der Waals surface area contributed by atoms with Crippen LogP contribution < -0.4 is 0 Å². The summed E-state index contributed by atoms with van der Waals surface area (Å²) >= 11 is 3.22. The molecule has 5 heteroatoms. The Balaban J connectivity index is 2.83. The molecular weight excluding hydrogens is 278 g/mol. The van der Waals surface area contributed by atoms with Crippen LogP contribution in [0.25, 0.3) is 0 Å². The molecule has 1 aromatic rings. The molecule has 0 spiro atoms. The Morgan fingerprint density at radius 2 is 2.13 bits per heavy atom. The van der Waals surface area contributed by atoms with Crippen LogP contribution in [0.15, 0.2) is 33.6 Å². The molecule has 0 bridgehead atoms. The van der Waals surface area contributed by atoms with Gasteiger partial charge < -0.3 is 0 Å². The molecular formula is C10H10BrNO2S. The maximum Gasteiger partial charge on any atom is 0.178 e. The lowest BCUT2D eigenvalue weighted by molar-refractivity contribution is 0.593. The molecule has 0 N–H and O–H groups in total. The zero-order valence-electron chi connectivity index (χ0n) is 7.98. The molecule has 0 heterocycles. The van der Waals surface area contributed by atoms with Gasteiger partial charge in [0.15, 0.2) is 9.84 Å². The van der Waals surface area contributed by atoms with E-state index in [-0.39, 0.29) is 12.2 Å². The Kier molecular flexibility index (Phi) is 4.30. The Morgan fingerprint density at radius 3 is 2.73 bits per heavy atom. The highest BCUT2D eigenvalue weighted by Crippen LogP contribution is 2.17. The minimum absolute atomic E-state index is 0.0248. The lowest BCUT2D eigenvalue weighted by atomic mass is 10.4. The first-order chi connectivity index (χ1) is 7.06. The molecule has 0 aliphatic rings. The van der Waals surface area contributed by atoms with E-state index in [1.165, 1.54) is 0 Å². The molecule has 0 amide bonds. The van der Waals surface area contributed by atoms with Gasteiger partial charge in [-0.1, -0.05) is 22.0 Å². The summed E-state index contributed by atoms with van der Waals surface area (Å²) in [5.74, 6) is 0.0248. The van der Waals surface area contributed by atoms with Gasteiger partial charge in [-0.3, -0.25) is 0 Å². The van der Waals surface area contributed by atoms with Gasteiger partial charge in [0.05, 0.1) is 16.7 Å². The van der Waals surface area contributed by atoms with E-state index < -0.39 is 9.84 Å². The van der Waals surface area contributed by atoms with Crippen LogP contribution in [0, 0.1) is 11.3 Å². The van der Waals surface area contributed by atoms with Gasteiger partial charge in [0.25, 0.3) is 0 Å². The van der Waals surface area contributed by atoms with Crippen LogP contribution in [0.3, 0.4) is 0 Å². The first kappa shape index (κ1) is 12.2.